The number of carbonyl (C=O) groups excluding carboxylic acids is 2. The van der Waals surface area contributed by atoms with E-state index in [9.17, 15) is 9.59 Å². The molecule has 0 unspecified atom stereocenters. The zero-order valence-corrected chi connectivity index (χ0v) is 23.8. The van der Waals surface area contributed by atoms with Gasteiger partial charge in [0.15, 0.2) is 11.6 Å². The van der Waals surface area contributed by atoms with Gasteiger partial charge < -0.3 is 0 Å². The summed E-state index contributed by atoms with van der Waals surface area (Å²) in [7, 11) is 0. The molecule has 6 heteroatoms. The zero-order chi connectivity index (χ0) is 26.0. The third-order valence-electron chi connectivity index (χ3n) is 6.73. The van der Waals surface area contributed by atoms with Crippen molar-refractivity contribution in [3.8, 4) is 40.4 Å². The molecule has 1 aliphatic rings. The highest BCUT2D eigenvalue weighted by atomic mass is 32.1. The quantitative estimate of drug-likeness (QED) is 0.213. The lowest BCUT2D eigenvalue weighted by molar-refractivity contribution is 0.0982. The molecule has 0 aliphatic heterocycles. The number of ketones is 2. The van der Waals surface area contributed by atoms with Crippen molar-refractivity contribution in [3.05, 3.63) is 117 Å². The van der Waals surface area contributed by atoms with Crippen molar-refractivity contribution in [2.45, 2.75) is 13.8 Å². The maximum Gasteiger partial charge on any atom is 0.197 e. The van der Waals surface area contributed by atoms with Crippen LogP contribution in [0.3, 0.4) is 0 Å². The van der Waals surface area contributed by atoms with Crippen LogP contribution >= 0.6 is 45.3 Å². The van der Waals surface area contributed by atoms with E-state index in [0.717, 1.165) is 40.4 Å². The first-order chi connectivity index (χ1) is 18.5. The van der Waals surface area contributed by atoms with Crippen LogP contribution in [0.15, 0.2) is 84.9 Å². The summed E-state index contributed by atoms with van der Waals surface area (Å²) in [6.45, 7) is 4.14. The SMILES string of the molecule is Cc1ccc(-c2sc(-c3ccc(C)s3)c3c2C(=O)c2c(-c4ccccc4)sc(-c4ccccc4)c2C3=O)s1. The molecule has 7 rings (SSSR count). The average Bonchev–Trinajstić information content (AvgIpc) is 3.72. The summed E-state index contributed by atoms with van der Waals surface area (Å²) < 4.78 is 0. The normalized spacial score (nSPS) is 12.6. The van der Waals surface area contributed by atoms with Gasteiger partial charge in [0.1, 0.15) is 0 Å². The number of rotatable bonds is 4. The number of aryl methyl sites for hydroxylation is 2. The van der Waals surface area contributed by atoms with Gasteiger partial charge in [-0.25, -0.2) is 0 Å². The van der Waals surface area contributed by atoms with E-state index in [1.54, 1.807) is 45.3 Å². The molecule has 0 saturated heterocycles. The van der Waals surface area contributed by atoms with Crippen molar-refractivity contribution in [1.82, 2.24) is 0 Å². The minimum Gasteiger partial charge on any atom is -0.288 e. The van der Waals surface area contributed by atoms with E-state index in [-0.39, 0.29) is 11.6 Å². The van der Waals surface area contributed by atoms with Crippen LogP contribution in [0.25, 0.3) is 40.4 Å². The summed E-state index contributed by atoms with van der Waals surface area (Å²) in [4.78, 5) is 37.2. The first kappa shape index (κ1) is 23.7. The van der Waals surface area contributed by atoms with Crippen LogP contribution in [0, 0.1) is 13.8 Å². The molecule has 4 aromatic heterocycles. The van der Waals surface area contributed by atoms with Crippen molar-refractivity contribution in [2.24, 2.45) is 0 Å². The van der Waals surface area contributed by atoms with Crippen molar-refractivity contribution in [1.29, 1.82) is 0 Å². The van der Waals surface area contributed by atoms with E-state index < -0.39 is 0 Å². The van der Waals surface area contributed by atoms with E-state index in [1.165, 1.54) is 9.75 Å². The van der Waals surface area contributed by atoms with Gasteiger partial charge in [0.05, 0.1) is 32.0 Å². The minimum absolute atomic E-state index is 0.0521. The molecule has 0 bridgehead atoms. The lowest BCUT2D eigenvalue weighted by atomic mass is 9.82. The highest BCUT2D eigenvalue weighted by Crippen LogP contribution is 2.53. The predicted molar refractivity (Wildman–Crippen MR) is 162 cm³/mol. The second-order valence-electron chi connectivity index (χ2n) is 9.23. The van der Waals surface area contributed by atoms with E-state index in [2.05, 4.69) is 38.1 Å². The number of thiophene rings is 4. The Labute approximate surface area is 236 Å². The molecule has 0 saturated carbocycles. The molecule has 2 nitrogen and oxygen atoms in total. The summed E-state index contributed by atoms with van der Waals surface area (Å²) in [5.74, 6) is -0.104. The van der Waals surface area contributed by atoms with Gasteiger partial charge in [-0.2, -0.15) is 0 Å². The second-order valence-corrected chi connectivity index (χ2v) is 13.8. The Balaban J connectivity index is 1.56. The summed E-state index contributed by atoms with van der Waals surface area (Å²) >= 11 is 6.45. The Kier molecular flexibility index (Phi) is 5.67. The third-order valence-corrected chi connectivity index (χ3v) is 11.6. The Hall–Kier alpha value is -3.42. The lowest BCUT2D eigenvalue weighted by Gasteiger charge is -2.16. The number of hydrogen-bond acceptors (Lipinski definition) is 6. The van der Waals surface area contributed by atoms with Gasteiger partial charge in [0.25, 0.3) is 0 Å². The van der Waals surface area contributed by atoms with Crippen LogP contribution in [0.1, 0.15) is 41.6 Å². The van der Waals surface area contributed by atoms with Gasteiger partial charge in [-0.05, 0) is 49.2 Å². The highest BCUT2D eigenvalue weighted by Gasteiger charge is 2.42. The fraction of sp³-hybridized carbons (Fsp3) is 0.0625. The van der Waals surface area contributed by atoms with Gasteiger partial charge in [0, 0.05) is 29.3 Å². The molecule has 0 N–H and O–H groups in total. The van der Waals surface area contributed by atoms with E-state index in [1.807, 2.05) is 60.7 Å². The monoisotopic (exact) mass is 564 g/mol. The molecule has 0 atom stereocenters. The molecule has 4 heterocycles. The maximum atomic E-state index is 14.6. The first-order valence-electron chi connectivity index (χ1n) is 12.2. The van der Waals surface area contributed by atoms with Crippen molar-refractivity contribution >= 4 is 56.9 Å². The van der Waals surface area contributed by atoms with Crippen LogP contribution in [-0.4, -0.2) is 11.6 Å². The second kappa shape index (κ2) is 9.10. The molecular weight excluding hydrogens is 545 g/mol. The van der Waals surface area contributed by atoms with Crippen LogP contribution < -0.4 is 0 Å². The smallest absolute Gasteiger partial charge is 0.197 e. The Morgan fingerprint density at radius 3 is 1.16 bits per heavy atom. The van der Waals surface area contributed by atoms with Gasteiger partial charge in [-0.3, -0.25) is 9.59 Å². The molecule has 38 heavy (non-hydrogen) atoms. The molecular formula is C32H20O2S4. The summed E-state index contributed by atoms with van der Waals surface area (Å²) in [6.07, 6.45) is 0. The minimum atomic E-state index is -0.0521. The largest absolute Gasteiger partial charge is 0.288 e. The molecule has 0 fully saturated rings. The fourth-order valence-corrected chi connectivity index (χ4v) is 9.59. The van der Waals surface area contributed by atoms with Crippen molar-refractivity contribution in [3.63, 3.8) is 0 Å². The summed E-state index contributed by atoms with van der Waals surface area (Å²) in [6, 6.07) is 28.2. The zero-order valence-electron chi connectivity index (χ0n) is 20.5. The summed E-state index contributed by atoms with van der Waals surface area (Å²) in [5.41, 5.74) is 4.12. The molecule has 6 aromatic rings. The number of fused-ring (bicyclic) bond motifs is 2. The Morgan fingerprint density at radius 1 is 0.421 bits per heavy atom. The molecule has 0 spiro atoms. The van der Waals surface area contributed by atoms with E-state index in [4.69, 9.17) is 0 Å². The molecule has 0 amide bonds. The Morgan fingerprint density at radius 2 is 0.789 bits per heavy atom. The summed E-state index contributed by atoms with van der Waals surface area (Å²) in [5, 5.41) is 0. The number of hydrogen-bond donors (Lipinski definition) is 0. The van der Waals surface area contributed by atoms with Crippen LogP contribution in [0.4, 0.5) is 0 Å². The third kappa shape index (κ3) is 3.63. The number of benzene rings is 2. The van der Waals surface area contributed by atoms with E-state index >= 15 is 0 Å². The molecule has 1 aliphatic carbocycles. The molecule has 2 aromatic carbocycles. The number of carbonyl (C=O) groups is 2. The standard InChI is InChI=1S/C32H20O2S4/c1-17-13-15-21(35-17)31-25-26(32(38-31)22-16-14-18(2)36-22)28(34)24-23(27(25)33)29(19-9-5-3-6-10-19)37-30(24)20-11-7-4-8-12-20/h3-16H,1-2H3. The predicted octanol–water partition coefficient (Wildman–Crippen LogP) is 9.99. The van der Waals surface area contributed by atoms with Crippen molar-refractivity contribution in [2.75, 3.05) is 0 Å². The molecule has 184 valence electrons. The highest BCUT2D eigenvalue weighted by molar-refractivity contribution is 7.27. The van der Waals surface area contributed by atoms with Gasteiger partial charge >= 0.3 is 0 Å². The molecule has 0 radical (unpaired) electrons. The van der Waals surface area contributed by atoms with Gasteiger partial charge in [-0.1, -0.05) is 60.7 Å². The lowest BCUT2D eigenvalue weighted by Crippen LogP contribution is -2.20. The van der Waals surface area contributed by atoms with Crippen LogP contribution in [0.2, 0.25) is 0 Å². The Bertz CT molecular complexity index is 1730. The van der Waals surface area contributed by atoms with Gasteiger partial charge in [-0.15, -0.1) is 45.3 Å². The topological polar surface area (TPSA) is 34.1 Å². The maximum absolute atomic E-state index is 14.6. The van der Waals surface area contributed by atoms with Crippen LogP contribution in [0.5, 0.6) is 0 Å². The van der Waals surface area contributed by atoms with Gasteiger partial charge in [0.2, 0.25) is 0 Å². The fourth-order valence-electron chi connectivity index (χ4n) is 5.02. The van der Waals surface area contributed by atoms with Crippen molar-refractivity contribution < 1.29 is 9.59 Å². The van der Waals surface area contributed by atoms with Crippen LogP contribution in [-0.2, 0) is 0 Å². The average molecular weight is 565 g/mol. The first-order valence-corrected chi connectivity index (χ1v) is 15.4. The van der Waals surface area contributed by atoms with E-state index in [0.29, 0.717) is 22.3 Å².